The molecule has 0 aromatic heterocycles. The molecular weight excluding hydrogens is 161 g/mol. The highest BCUT2D eigenvalue weighted by Crippen LogP contribution is 1.85. The van der Waals surface area contributed by atoms with Crippen molar-refractivity contribution in [3.8, 4) is 0 Å². The van der Waals surface area contributed by atoms with E-state index in [0.29, 0.717) is 6.26 Å². The van der Waals surface area contributed by atoms with Gasteiger partial charge >= 0.3 is 10.6 Å². The van der Waals surface area contributed by atoms with Gasteiger partial charge in [-0.25, -0.2) is 0 Å². The second-order valence-corrected chi connectivity index (χ2v) is 1.39. The fourth-order valence-corrected chi connectivity index (χ4v) is 0. The highest BCUT2D eigenvalue weighted by atomic mass is 32.3. The second-order valence-electron chi connectivity index (χ2n) is 0.634. The first kappa shape index (κ1) is 11.1. The summed E-state index contributed by atoms with van der Waals surface area (Å²) in [5, 5.41) is 0. The van der Waals surface area contributed by atoms with Gasteiger partial charge in [0.15, 0.2) is 0 Å². The van der Waals surface area contributed by atoms with E-state index in [1.165, 1.54) is 0 Å². The first-order chi connectivity index (χ1) is 3.91. The highest BCUT2D eigenvalue weighted by molar-refractivity contribution is 7.81. The second kappa shape index (κ2) is 5.42. The topological polar surface area (TPSA) is 43.4 Å². The van der Waals surface area contributed by atoms with E-state index >= 15 is 0 Å². The average molecular weight is 164 g/mol. The minimum Gasteiger partial charge on any atom is -0.303 e. The van der Waals surface area contributed by atoms with Crippen LogP contribution in [0.25, 0.3) is 0 Å². The Morgan fingerprint density at radius 1 is 1.44 bits per heavy atom. The van der Waals surface area contributed by atoms with Crippen LogP contribution in [0.3, 0.4) is 0 Å². The Morgan fingerprint density at radius 2 is 1.56 bits per heavy atom. The molecular formula is C2H3F3O3S. The van der Waals surface area contributed by atoms with E-state index in [2.05, 4.69) is 11.5 Å². The van der Waals surface area contributed by atoms with E-state index in [1.807, 2.05) is 0 Å². The summed E-state index contributed by atoms with van der Waals surface area (Å²) < 4.78 is 46.7. The number of hydrogen-bond acceptors (Lipinski definition) is 3. The molecule has 0 aromatic carbocycles. The Kier molecular flexibility index (Phi) is 6.70. The normalized spacial score (nSPS) is 8.78. The van der Waals surface area contributed by atoms with Crippen molar-refractivity contribution in [2.75, 3.05) is 0 Å². The molecule has 0 spiro atoms. The van der Waals surface area contributed by atoms with Crippen LogP contribution in [-0.4, -0.2) is 8.42 Å². The lowest BCUT2D eigenvalue weighted by Gasteiger charge is -1.62. The van der Waals surface area contributed by atoms with Gasteiger partial charge in [0.2, 0.25) is 0 Å². The molecule has 0 fully saturated rings. The SMILES string of the molecule is C=COF.O=S(=O)(F)F. The molecule has 0 saturated carbocycles. The quantitative estimate of drug-likeness (QED) is 0.432. The summed E-state index contributed by atoms with van der Waals surface area (Å²) in [4.78, 5) is 2.81. The van der Waals surface area contributed by atoms with E-state index in [9.17, 15) is 12.3 Å². The standard InChI is InChI=1S/C2H3FO.F2O2S/c1-2-4-3;1-5(2,3)4/h2H,1H2;. The summed E-state index contributed by atoms with van der Waals surface area (Å²) in [7, 11) is -5.67. The molecule has 0 heterocycles. The van der Waals surface area contributed by atoms with Gasteiger partial charge in [-0.15, -0.1) is 0 Å². The van der Waals surface area contributed by atoms with Crippen molar-refractivity contribution in [2.45, 2.75) is 0 Å². The first-order valence-corrected chi connectivity index (χ1v) is 2.72. The Morgan fingerprint density at radius 3 is 1.56 bits per heavy atom. The molecule has 3 nitrogen and oxygen atoms in total. The van der Waals surface area contributed by atoms with Gasteiger partial charge in [0.05, 0.1) is 0 Å². The van der Waals surface area contributed by atoms with Crippen molar-refractivity contribution >= 4 is 10.6 Å². The maximum atomic E-state index is 10.1. The number of hydrogen-bond donors (Lipinski definition) is 0. The summed E-state index contributed by atoms with van der Waals surface area (Å²) in [5.41, 5.74) is 0. The maximum absolute atomic E-state index is 10.1. The Balaban J connectivity index is 0. The third-order valence-corrected chi connectivity index (χ3v) is 0.0630. The molecule has 0 radical (unpaired) electrons. The van der Waals surface area contributed by atoms with Crippen molar-refractivity contribution in [3.05, 3.63) is 12.8 Å². The summed E-state index contributed by atoms with van der Waals surface area (Å²) in [5.74, 6) is 0. The van der Waals surface area contributed by atoms with Gasteiger partial charge in [0.1, 0.15) is 6.26 Å². The summed E-state index contributed by atoms with van der Waals surface area (Å²) in [6, 6.07) is 0. The Labute approximate surface area is 50.1 Å². The third kappa shape index (κ3) is 2590. The molecule has 9 heavy (non-hydrogen) atoms. The lowest BCUT2D eigenvalue weighted by molar-refractivity contribution is -0.0611. The average Bonchev–Trinajstić information content (AvgIpc) is 1.61. The lowest BCUT2D eigenvalue weighted by Crippen LogP contribution is -1.69. The molecule has 0 amide bonds. The zero-order valence-corrected chi connectivity index (χ0v) is 4.87. The fraction of sp³-hybridized carbons (Fsp3) is 0. The molecule has 7 heteroatoms. The van der Waals surface area contributed by atoms with Crippen LogP contribution in [0.2, 0.25) is 0 Å². The van der Waals surface area contributed by atoms with Crippen LogP contribution in [0.1, 0.15) is 0 Å². The van der Waals surface area contributed by atoms with E-state index in [0.717, 1.165) is 0 Å². The van der Waals surface area contributed by atoms with Crippen molar-refractivity contribution in [3.63, 3.8) is 0 Å². The largest absolute Gasteiger partial charge is 0.476 e. The van der Waals surface area contributed by atoms with Gasteiger partial charge in [-0.3, -0.25) is 0 Å². The fourth-order valence-electron chi connectivity index (χ4n) is 0. The van der Waals surface area contributed by atoms with Crippen molar-refractivity contribution < 1.29 is 25.7 Å². The molecule has 0 atom stereocenters. The van der Waals surface area contributed by atoms with Crippen LogP contribution in [0, 0.1) is 0 Å². The Hall–Kier alpha value is -0.720. The predicted octanol–water partition coefficient (Wildman–Crippen LogP) is 1.20. The molecule has 0 bridgehead atoms. The van der Waals surface area contributed by atoms with Gasteiger partial charge in [-0.1, -0.05) is 14.4 Å². The van der Waals surface area contributed by atoms with E-state index < -0.39 is 10.6 Å². The molecule has 0 aliphatic carbocycles. The van der Waals surface area contributed by atoms with Crippen molar-refractivity contribution in [1.29, 1.82) is 0 Å². The monoisotopic (exact) mass is 164 g/mol. The summed E-state index contributed by atoms with van der Waals surface area (Å²) >= 11 is 0. The van der Waals surface area contributed by atoms with Crippen LogP contribution in [0.15, 0.2) is 12.8 Å². The number of rotatable bonds is 1. The summed E-state index contributed by atoms with van der Waals surface area (Å²) in [6.45, 7) is 2.88. The van der Waals surface area contributed by atoms with Crippen LogP contribution in [0.4, 0.5) is 12.3 Å². The molecule has 0 saturated heterocycles. The van der Waals surface area contributed by atoms with E-state index in [-0.39, 0.29) is 0 Å². The minimum absolute atomic E-state index is 0.708. The van der Waals surface area contributed by atoms with Crippen molar-refractivity contribution in [2.24, 2.45) is 0 Å². The van der Waals surface area contributed by atoms with Gasteiger partial charge in [0.25, 0.3) is 0 Å². The zero-order chi connectivity index (χ0) is 7.91. The third-order valence-electron chi connectivity index (χ3n) is 0.0630. The molecule has 0 aromatic rings. The summed E-state index contributed by atoms with van der Waals surface area (Å²) in [6.07, 6.45) is 0.708. The Bertz CT molecular complexity index is 142. The van der Waals surface area contributed by atoms with Crippen LogP contribution in [0.5, 0.6) is 0 Å². The minimum atomic E-state index is -5.67. The molecule has 56 valence electrons. The van der Waals surface area contributed by atoms with E-state index in [1.54, 1.807) is 0 Å². The molecule has 0 N–H and O–H groups in total. The van der Waals surface area contributed by atoms with Gasteiger partial charge in [-0.2, -0.15) is 8.42 Å². The predicted molar refractivity (Wildman–Crippen MR) is 23.5 cm³/mol. The number of halogens is 3. The van der Waals surface area contributed by atoms with Crippen LogP contribution >= 0.6 is 0 Å². The van der Waals surface area contributed by atoms with Crippen molar-refractivity contribution in [1.82, 2.24) is 0 Å². The molecule has 0 aliphatic heterocycles. The maximum Gasteiger partial charge on any atom is 0.476 e. The zero-order valence-electron chi connectivity index (χ0n) is 4.05. The van der Waals surface area contributed by atoms with Gasteiger partial charge < -0.3 is 4.94 Å². The van der Waals surface area contributed by atoms with E-state index in [4.69, 9.17) is 8.42 Å². The molecule has 0 aliphatic rings. The van der Waals surface area contributed by atoms with Crippen LogP contribution in [-0.2, 0) is 15.6 Å². The first-order valence-electron chi connectivity index (χ1n) is 1.44. The lowest BCUT2D eigenvalue weighted by atomic mass is 11.2. The molecule has 0 unspecified atom stereocenters. The smallest absolute Gasteiger partial charge is 0.303 e. The van der Waals surface area contributed by atoms with Crippen LogP contribution < -0.4 is 0 Å². The highest BCUT2D eigenvalue weighted by Gasteiger charge is 1.94. The van der Waals surface area contributed by atoms with Gasteiger partial charge in [0, 0.05) is 4.53 Å². The molecule has 0 rings (SSSR count). The van der Waals surface area contributed by atoms with Gasteiger partial charge in [-0.05, 0) is 0 Å².